The van der Waals surface area contributed by atoms with Crippen LogP contribution in [0, 0.1) is 25.7 Å². The SMILES string of the molecule is CCOC(=O)C1CCN(C(=O)[C@H](CC(C)C)N2CC3=C(C2=O)[C@H](c2ccc(C)cc2C)NC(=O)N3CC)CC1. The Kier molecular flexibility index (Phi) is 8.67. The van der Waals surface area contributed by atoms with E-state index in [4.69, 9.17) is 4.74 Å². The standard InChI is InChI=1S/C30H42N4O5/c1-7-33-24-17-34(28(36)25(24)26(31-30(33)38)22-10-9-19(5)16-20(22)6)23(15-18(3)4)27(35)32-13-11-21(12-14-32)29(37)39-8-2/h9-10,16,18,21,23,26H,7-8,11-15,17H2,1-6H3,(H,31,38)/t23-,26-/m0/s1. The van der Waals surface area contributed by atoms with Crippen LogP contribution in [0.4, 0.5) is 4.79 Å². The van der Waals surface area contributed by atoms with Gasteiger partial charge in [0.1, 0.15) is 6.04 Å². The maximum Gasteiger partial charge on any atom is 0.322 e. The molecule has 0 aromatic heterocycles. The van der Waals surface area contributed by atoms with Gasteiger partial charge in [0.05, 0.1) is 36.4 Å². The van der Waals surface area contributed by atoms with E-state index >= 15 is 0 Å². The second-order valence-corrected chi connectivity index (χ2v) is 11.3. The third-order valence-electron chi connectivity index (χ3n) is 8.08. The topological polar surface area (TPSA) is 99.3 Å². The maximum atomic E-state index is 14.2. The van der Waals surface area contributed by atoms with Gasteiger partial charge in [0.15, 0.2) is 0 Å². The first kappa shape index (κ1) is 28.6. The number of carbonyl (C=O) groups is 4. The van der Waals surface area contributed by atoms with E-state index in [1.807, 2.05) is 46.8 Å². The van der Waals surface area contributed by atoms with Gasteiger partial charge in [0, 0.05) is 19.6 Å². The number of hydrogen-bond donors (Lipinski definition) is 1. The largest absolute Gasteiger partial charge is 0.466 e. The number of likely N-dealkylation sites (N-methyl/N-ethyl adjacent to an activating group) is 1. The third kappa shape index (κ3) is 5.68. The summed E-state index contributed by atoms with van der Waals surface area (Å²) in [7, 11) is 0. The predicted molar refractivity (Wildman–Crippen MR) is 147 cm³/mol. The number of urea groups is 1. The van der Waals surface area contributed by atoms with Crippen LogP contribution in [0.5, 0.6) is 0 Å². The van der Waals surface area contributed by atoms with Crippen molar-refractivity contribution >= 4 is 23.8 Å². The number of nitrogens with one attached hydrogen (secondary N) is 1. The van der Waals surface area contributed by atoms with E-state index in [1.54, 1.807) is 21.6 Å². The normalized spacial score (nSPS) is 20.9. The Morgan fingerprint density at radius 3 is 2.38 bits per heavy atom. The molecule has 4 amide bonds. The average Bonchev–Trinajstić information content (AvgIpc) is 3.23. The van der Waals surface area contributed by atoms with Crippen molar-refractivity contribution in [3.63, 3.8) is 0 Å². The molecule has 212 valence electrons. The summed E-state index contributed by atoms with van der Waals surface area (Å²) in [6.45, 7) is 13.7. The second-order valence-electron chi connectivity index (χ2n) is 11.3. The summed E-state index contributed by atoms with van der Waals surface area (Å²) >= 11 is 0. The molecule has 0 aliphatic carbocycles. The lowest BCUT2D eigenvalue weighted by Gasteiger charge is -2.37. The Bertz CT molecular complexity index is 1170. The Labute approximate surface area is 231 Å². The molecule has 0 unspecified atom stereocenters. The highest BCUT2D eigenvalue weighted by atomic mass is 16.5. The van der Waals surface area contributed by atoms with Gasteiger partial charge in [-0.2, -0.15) is 0 Å². The average molecular weight is 539 g/mol. The zero-order valence-corrected chi connectivity index (χ0v) is 24.1. The van der Waals surface area contributed by atoms with Crippen molar-refractivity contribution in [3.05, 3.63) is 46.2 Å². The molecule has 0 bridgehead atoms. The maximum absolute atomic E-state index is 14.2. The van der Waals surface area contributed by atoms with Crippen LogP contribution in [0.3, 0.4) is 0 Å². The number of hydrogen-bond acceptors (Lipinski definition) is 5. The molecular weight excluding hydrogens is 496 g/mol. The molecule has 9 nitrogen and oxygen atoms in total. The van der Waals surface area contributed by atoms with Gasteiger partial charge in [-0.05, 0) is 64.0 Å². The lowest BCUT2D eigenvalue weighted by Crippen LogP contribution is -2.53. The quantitative estimate of drug-likeness (QED) is 0.509. The molecule has 1 aromatic rings. The predicted octanol–water partition coefficient (Wildman–Crippen LogP) is 3.70. The van der Waals surface area contributed by atoms with E-state index in [2.05, 4.69) is 11.4 Å². The number of rotatable bonds is 8. The fourth-order valence-electron chi connectivity index (χ4n) is 6.10. The van der Waals surface area contributed by atoms with Crippen LogP contribution in [0.1, 0.15) is 69.7 Å². The van der Waals surface area contributed by atoms with Crippen LogP contribution in [0.2, 0.25) is 0 Å². The number of ether oxygens (including phenoxy) is 1. The molecule has 4 rings (SSSR count). The molecule has 3 aliphatic rings. The van der Waals surface area contributed by atoms with E-state index in [0.717, 1.165) is 16.7 Å². The second kappa shape index (κ2) is 11.8. The Morgan fingerprint density at radius 1 is 1.10 bits per heavy atom. The van der Waals surface area contributed by atoms with Crippen LogP contribution in [0.25, 0.3) is 0 Å². The van der Waals surface area contributed by atoms with Crippen molar-refractivity contribution in [2.45, 2.75) is 72.9 Å². The van der Waals surface area contributed by atoms with Crippen molar-refractivity contribution in [1.29, 1.82) is 0 Å². The Balaban J connectivity index is 1.62. The number of amides is 4. The van der Waals surface area contributed by atoms with Crippen molar-refractivity contribution in [3.8, 4) is 0 Å². The number of nitrogens with zero attached hydrogens (tertiary/aromatic N) is 3. The molecular formula is C30H42N4O5. The fourth-order valence-corrected chi connectivity index (χ4v) is 6.10. The zero-order valence-electron chi connectivity index (χ0n) is 24.1. The molecule has 39 heavy (non-hydrogen) atoms. The molecule has 3 aliphatic heterocycles. The molecule has 0 spiro atoms. The highest BCUT2D eigenvalue weighted by Gasteiger charge is 2.48. The minimum Gasteiger partial charge on any atom is -0.466 e. The molecule has 9 heteroatoms. The number of likely N-dealkylation sites (tertiary alicyclic amines) is 1. The van der Waals surface area contributed by atoms with Crippen LogP contribution in [-0.2, 0) is 19.1 Å². The summed E-state index contributed by atoms with van der Waals surface area (Å²) < 4.78 is 5.18. The summed E-state index contributed by atoms with van der Waals surface area (Å²) in [6.07, 6.45) is 1.63. The molecule has 1 fully saturated rings. The third-order valence-corrected chi connectivity index (χ3v) is 8.08. The monoisotopic (exact) mass is 538 g/mol. The van der Waals surface area contributed by atoms with Gasteiger partial charge in [-0.1, -0.05) is 37.6 Å². The highest BCUT2D eigenvalue weighted by Crippen LogP contribution is 2.39. The van der Waals surface area contributed by atoms with Gasteiger partial charge in [-0.3, -0.25) is 19.3 Å². The van der Waals surface area contributed by atoms with Gasteiger partial charge < -0.3 is 19.9 Å². The number of piperidine rings is 1. The molecule has 3 heterocycles. The van der Waals surface area contributed by atoms with Gasteiger partial charge in [-0.15, -0.1) is 0 Å². The number of esters is 1. The van der Waals surface area contributed by atoms with Crippen molar-refractivity contribution in [1.82, 2.24) is 20.0 Å². The van der Waals surface area contributed by atoms with Crippen molar-refractivity contribution in [2.24, 2.45) is 11.8 Å². The molecule has 2 atom stereocenters. The first-order valence-corrected chi connectivity index (χ1v) is 14.2. The molecule has 0 radical (unpaired) electrons. The molecule has 0 saturated carbocycles. The van der Waals surface area contributed by atoms with E-state index in [1.165, 1.54) is 0 Å². The number of carbonyl (C=O) groups excluding carboxylic acids is 4. The molecule has 1 aromatic carbocycles. The van der Waals surface area contributed by atoms with Crippen LogP contribution < -0.4 is 5.32 Å². The minimum atomic E-state index is -0.643. The fraction of sp³-hybridized carbons (Fsp3) is 0.600. The summed E-state index contributed by atoms with van der Waals surface area (Å²) in [5.41, 5.74) is 4.23. The zero-order chi connectivity index (χ0) is 28.4. The minimum absolute atomic E-state index is 0.0930. The molecule has 1 N–H and O–H groups in total. The van der Waals surface area contributed by atoms with Gasteiger partial charge in [0.2, 0.25) is 5.91 Å². The van der Waals surface area contributed by atoms with E-state index < -0.39 is 12.1 Å². The Hall–Kier alpha value is -3.36. The summed E-state index contributed by atoms with van der Waals surface area (Å²) in [4.78, 5) is 58.5. The van der Waals surface area contributed by atoms with Crippen LogP contribution in [-0.4, -0.2) is 77.3 Å². The van der Waals surface area contributed by atoms with Crippen molar-refractivity contribution < 1.29 is 23.9 Å². The van der Waals surface area contributed by atoms with Crippen LogP contribution >= 0.6 is 0 Å². The van der Waals surface area contributed by atoms with Gasteiger partial charge >= 0.3 is 12.0 Å². The van der Waals surface area contributed by atoms with Gasteiger partial charge in [0.25, 0.3) is 5.91 Å². The lowest BCUT2D eigenvalue weighted by molar-refractivity contribution is -0.152. The summed E-state index contributed by atoms with van der Waals surface area (Å²) in [6, 6.07) is 4.57. The first-order valence-electron chi connectivity index (χ1n) is 14.2. The first-order chi connectivity index (χ1) is 18.6. The van der Waals surface area contributed by atoms with Gasteiger partial charge in [-0.25, -0.2) is 4.79 Å². The highest BCUT2D eigenvalue weighted by molar-refractivity contribution is 6.03. The van der Waals surface area contributed by atoms with E-state index in [-0.39, 0.29) is 42.2 Å². The smallest absolute Gasteiger partial charge is 0.322 e. The molecule has 1 saturated heterocycles. The van der Waals surface area contributed by atoms with Crippen LogP contribution in [0.15, 0.2) is 29.5 Å². The van der Waals surface area contributed by atoms with E-state index in [0.29, 0.717) is 56.8 Å². The summed E-state index contributed by atoms with van der Waals surface area (Å²) in [5, 5.41) is 3.06. The number of aryl methyl sites for hydroxylation is 2. The Morgan fingerprint density at radius 2 is 1.79 bits per heavy atom. The van der Waals surface area contributed by atoms with E-state index in [9.17, 15) is 19.2 Å². The number of benzene rings is 1. The lowest BCUT2D eigenvalue weighted by atomic mass is 9.91. The van der Waals surface area contributed by atoms with Crippen molar-refractivity contribution in [2.75, 3.05) is 32.8 Å². The summed E-state index contributed by atoms with van der Waals surface area (Å²) in [5.74, 6) is -0.519.